The van der Waals surface area contributed by atoms with Crippen LogP contribution in [0.15, 0.2) is 43.0 Å². The lowest BCUT2D eigenvalue weighted by Crippen LogP contribution is -2.51. The van der Waals surface area contributed by atoms with E-state index in [0.29, 0.717) is 19.6 Å². The van der Waals surface area contributed by atoms with Gasteiger partial charge in [-0.2, -0.15) is 5.10 Å². The van der Waals surface area contributed by atoms with E-state index in [0.717, 1.165) is 18.7 Å². The fraction of sp³-hybridized carbons (Fsp3) is 0.471. The molecule has 0 unspecified atom stereocenters. The van der Waals surface area contributed by atoms with E-state index in [4.69, 9.17) is 0 Å². The second-order valence-electron chi connectivity index (χ2n) is 6.10. The molecule has 128 valence electrons. The van der Waals surface area contributed by atoms with Crippen LogP contribution >= 0.6 is 0 Å². The van der Waals surface area contributed by atoms with Gasteiger partial charge in [0.2, 0.25) is 5.91 Å². The molecular weight excluding hydrogens is 306 g/mol. The summed E-state index contributed by atoms with van der Waals surface area (Å²) in [5, 5.41) is 14.4. The fourth-order valence-electron chi connectivity index (χ4n) is 2.97. The molecule has 0 aliphatic carbocycles. The molecule has 1 amide bonds. The molecule has 2 atom stereocenters. The molecule has 3 rings (SSSR count). The van der Waals surface area contributed by atoms with Gasteiger partial charge in [-0.3, -0.25) is 9.69 Å². The third-order valence-corrected chi connectivity index (χ3v) is 4.49. The second kappa shape index (κ2) is 7.55. The first-order valence-electron chi connectivity index (χ1n) is 8.23. The van der Waals surface area contributed by atoms with Crippen molar-refractivity contribution in [3.05, 3.63) is 48.5 Å². The standard InChI is InChI=1S/C17H23N5O2/c1-14(22-13-18-12-19-22)17(24)21-9-7-20(8-10-21)11-16(23)15-5-3-2-4-6-15/h2-6,12-14,16,23H,7-11H2,1H3/t14-,16-/m0/s1. The number of carbonyl (C=O) groups is 1. The van der Waals surface area contributed by atoms with Gasteiger partial charge in [0.25, 0.3) is 0 Å². The molecule has 2 aromatic rings. The molecule has 1 N–H and O–H groups in total. The van der Waals surface area contributed by atoms with Gasteiger partial charge in [-0.15, -0.1) is 0 Å². The van der Waals surface area contributed by atoms with Crippen molar-refractivity contribution in [2.75, 3.05) is 32.7 Å². The zero-order valence-electron chi connectivity index (χ0n) is 13.8. The number of benzene rings is 1. The van der Waals surface area contributed by atoms with Crippen LogP contribution in [0.2, 0.25) is 0 Å². The molecule has 1 aromatic carbocycles. The molecule has 1 fully saturated rings. The van der Waals surface area contributed by atoms with E-state index < -0.39 is 6.10 Å². The molecule has 1 aliphatic rings. The maximum absolute atomic E-state index is 12.5. The van der Waals surface area contributed by atoms with Crippen LogP contribution in [0, 0.1) is 0 Å². The molecule has 2 heterocycles. The van der Waals surface area contributed by atoms with Crippen molar-refractivity contribution in [2.45, 2.75) is 19.1 Å². The molecule has 0 bridgehead atoms. The molecule has 1 saturated heterocycles. The fourth-order valence-corrected chi connectivity index (χ4v) is 2.97. The van der Waals surface area contributed by atoms with E-state index in [1.807, 2.05) is 42.2 Å². The number of piperazine rings is 1. The zero-order valence-corrected chi connectivity index (χ0v) is 13.8. The first kappa shape index (κ1) is 16.6. The second-order valence-corrected chi connectivity index (χ2v) is 6.10. The van der Waals surface area contributed by atoms with Crippen molar-refractivity contribution in [1.29, 1.82) is 0 Å². The van der Waals surface area contributed by atoms with E-state index in [-0.39, 0.29) is 11.9 Å². The Kier molecular flexibility index (Phi) is 5.22. The molecule has 7 nitrogen and oxygen atoms in total. The van der Waals surface area contributed by atoms with Crippen LogP contribution in [-0.4, -0.2) is 68.3 Å². The van der Waals surface area contributed by atoms with Crippen molar-refractivity contribution < 1.29 is 9.90 Å². The average molecular weight is 329 g/mol. The Morgan fingerprint density at radius 3 is 2.54 bits per heavy atom. The van der Waals surface area contributed by atoms with E-state index >= 15 is 0 Å². The van der Waals surface area contributed by atoms with E-state index in [1.54, 1.807) is 11.0 Å². The van der Waals surface area contributed by atoms with Crippen molar-refractivity contribution in [3.63, 3.8) is 0 Å². The smallest absolute Gasteiger partial charge is 0.247 e. The van der Waals surface area contributed by atoms with Gasteiger partial charge in [-0.05, 0) is 12.5 Å². The summed E-state index contributed by atoms with van der Waals surface area (Å²) < 4.78 is 1.58. The normalized spacial score (nSPS) is 18.3. The number of aliphatic hydroxyl groups excluding tert-OH is 1. The largest absolute Gasteiger partial charge is 0.387 e. The lowest BCUT2D eigenvalue weighted by atomic mass is 10.1. The number of aliphatic hydroxyl groups is 1. The molecule has 1 aromatic heterocycles. The van der Waals surface area contributed by atoms with Crippen LogP contribution in [0.5, 0.6) is 0 Å². The van der Waals surface area contributed by atoms with Crippen LogP contribution in [0.1, 0.15) is 24.6 Å². The highest BCUT2D eigenvalue weighted by Crippen LogP contribution is 2.16. The van der Waals surface area contributed by atoms with Crippen molar-refractivity contribution in [2.24, 2.45) is 0 Å². The lowest BCUT2D eigenvalue weighted by molar-refractivity contribution is -0.136. The number of amides is 1. The number of hydrogen-bond donors (Lipinski definition) is 1. The average Bonchev–Trinajstić information content (AvgIpc) is 3.16. The van der Waals surface area contributed by atoms with Gasteiger partial charge in [0.05, 0.1) is 6.10 Å². The minimum absolute atomic E-state index is 0.0590. The quantitative estimate of drug-likeness (QED) is 0.875. The van der Waals surface area contributed by atoms with Crippen molar-refractivity contribution >= 4 is 5.91 Å². The van der Waals surface area contributed by atoms with Gasteiger partial charge in [0.15, 0.2) is 0 Å². The highest BCUT2D eigenvalue weighted by molar-refractivity contribution is 5.80. The van der Waals surface area contributed by atoms with E-state index in [2.05, 4.69) is 15.0 Å². The highest BCUT2D eigenvalue weighted by Gasteiger charge is 2.27. The Morgan fingerprint density at radius 2 is 1.92 bits per heavy atom. The van der Waals surface area contributed by atoms with E-state index in [9.17, 15) is 9.90 Å². The molecular formula is C17H23N5O2. The summed E-state index contributed by atoms with van der Waals surface area (Å²) in [6.45, 7) is 5.28. The van der Waals surface area contributed by atoms with Gasteiger partial charge in [-0.25, -0.2) is 9.67 Å². The maximum Gasteiger partial charge on any atom is 0.247 e. The SMILES string of the molecule is C[C@@H](C(=O)N1CCN(C[C@H](O)c2ccccc2)CC1)n1cncn1. The monoisotopic (exact) mass is 329 g/mol. The maximum atomic E-state index is 12.5. The highest BCUT2D eigenvalue weighted by atomic mass is 16.3. The number of nitrogens with zero attached hydrogens (tertiary/aromatic N) is 5. The third-order valence-electron chi connectivity index (χ3n) is 4.49. The summed E-state index contributed by atoms with van der Waals surface area (Å²) in [5.41, 5.74) is 0.927. The van der Waals surface area contributed by atoms with Crippen molar-refractivity contribution in [1.82, 2.24) is 24.6 Å². The summed E-state index contributed by atoms with van der Waals surface area (Å²) in [7, 11) is 0. The number of hydrogen-bond acceptors (Lipinski definition) is 5. The number of aromatic nitrogens is 3. The summed E-state index contributed by atoms with van der Waals surface area (Å²) >= 11 is 0. The van der Waals surface area contributed by atoms with Crippen LogP contribution < -0.4 is 0 Å². The Morgan fingerprint density at radius 1 is 1.21 bits per heavy atom. The molecule has 0 spiro atoms. The van der Waals surface area contributed by atoms with Crippen molar-refractivity contribution in [3.8, 4) is 0 Å². The Hall–Kier alpha value is -2.25. The lowest BCUT2D eigenvalue weighted by Gasteiger charge is -2.36. The summed E-state index contributed by atoms with van der Waals surface area (Å²) in [6, 6.07) is 9.33. The van der Waals surface area contributed by atoms with Gasteiger partial charge in [0.1, 0.15) is 18.7 Å². The zero-order chi connectivity index (χ0) is 16.9. The predicted molar refractivity (Wildman–Crippen MR) is 89.2 cm³/mol. The summed E-state index contributed by atoms with van der Waals surface area (Å²) in [5.74, 6) is 0.0590. The Bertz CT molecular complexity index is 638. The number of rotatable bonds is 5. The topological polar surface area (TPSA) is 74.5 Å². The summed E-state index contributed by atoms with van der Waals surface area (Å²) in [4.78, 5) is 20.5. The number of β-amino-alcohol motifs (C(OH)–C–C–N with tert-alkyl or cyclic N) is 1. The Labute approximate surface area is 141 Å². The third kappa shape index (κ3) is 3.80. The van der Waals surface area contributed by atoms with Crippen LogP contribution in [0.4, 0.5) is 0 Å². The predicted octanol–water partition coefficient (Wildman–Crippen LogP) is 0.717. The minimum Gasteiger partial charge on any atom is -0.387 e. The molecule has 0 radical (unpaired) electrons. The molecule has 1 aliphatic heterocycles. The first-order chi connectivity index (χ1) is 11.6. The minimum atomic E-state index is -0.498. The molecule has 0 saturated carbocycles. The van der Waals surface area contributed by atoms with Crippen LogP contribution in [0.3, 0.4) is 0 Å². The summed E-state index contributed by atoms with van der Waals surface area (Å²) in [6.07, 6.45) is 2.50. The number of carbonyl (C=O) groups excluding carboxylic acids is 1. The van der Waals surface area contributed by atoms with Crippen LogP contribution in [-0.2, 0) is 4.79 Å². The van der Waals surface area contributed by atoms with Gasteiger partial charge in [-0.1, -0.05) is 30.3 Å². The first-order valence-corrected chi connectivity index (χ1v) is 8.23. The van der Waals surface area contributed by atoms with Gasteiger partial charge < -0.3 is 10.0 Å². The van der Waals surface area contributed by atoms with Crippen LogP contribution in [0.25, 0.3) is 0 Å². The molecule has 7 heteroatoms. The van der Waals surface area contributed by atoms with E-state index in [1.165, 1.54) is 6.33 Å². The molecule has 24 heavy (non-hydrogen) atoms. The van der Waals surface area contributed by atoms with Gasteiger partial charge >= 0.3 is 0 Å². The van der Waals surface area contributed by atoms with Gasteiger partial charge in [0, 0.05) is 32.7 Å². The Balaban J connectivity index is 1.50.